The molecule has 7 heteroatoms. The predicted octanol–water partition coefficient (Wildman–Crippen LogP) is 3.92. The summed E-state index contributed by atoms with van der Waals surface area (Å²) in [5.41, 5.74) is 0.524. The van der Waals surface area contributed by atoms with Gasteiger partial charge < -0.3 is 20.1 Å². The van der Waals surface area contributed by atoms with E-state index in [1.54, 1.807) is 0 Å². The molecule has 176 valence electrons. The second-order valence-corrected chi connectivity index (χ2v) is 8.23. The van der Waals surface area contributed by atoms with E-state index in [0.29, 0.717) is 56.5 Å². The van der Waals surface area contributed by atoms with Gasteiger partial charge in [-0.15, -0.1) is 0 Å². The maximum absolute atomic E-state index is 12.8. The third-order valence-electron chi connectivity index (χ3n) is 5.72. The lowest BCUT2D eigenvalue weighted by Gasteiger charge is -2.16. The van der Waals surface area contributed by atoms with Crippen LogP contribution in [0.25, 0.3) is 10.8 Å². The Hall–Kier alpha value is -3.35. The molecule has 7 nitrogen and oxygen atoms in total. The minimum atomic E-state index is -0.812. The fourth-order valence-corrected chi connectivity index (χ4v) is 3.92. The summed E-state index contributed by atoms with van der Waals surface area (Å²) in [6.07, 6.45) is 6.05. The number of unbranched alkanes of at least 4 members (excludes halogenated alkanes) is 2. The number of fused-ring (bicyclic) bond motifs is 1. The van der Waals surface area contributed by atoms with Gasteiger partial charge in [-0.25, -0.2) is 0 Å². The third kappa shape index (κ3) is 7.63. The Morgan fingerprint density at radius 2 is 1.91 bits per heavy atom. The zero-order chi connectivity index (χ0) is 23.5. The Balaban J connectivity index is 1.56. The van der Waals surface area contributed by atoms with Gasteiger partial charge in [0.1, 0.15) is 12.4 Å². The molecule has 2 aromatic rings. The molecule has 3 rings (SSSR count). The summed E-state index contributed by atoms with van der Waals surface area (Å²) in [7, 11) is 0. The van der Waals surface area contributed by atoms with Crippen molar-refractivity contribution in [2.24, 2.45) is 0 Å². The number of allylic oxidation sites excluding steroid dienone is 1. The lowest BCUT2D eigenvalue weighted by atomic mass is 10.1. The van der Waals surface area contributed by atoms with E-state index in [2.05, 4.69) is 5.32 Å². The smallest absolute Gasteiger partial charge is 0.303 e. The second-order valence-electron chi connectivity index (χ2n) is 8.23. The molecule has 2 N–H and O–H groups in total. The number of benzene rings is 2. The molecule has 0 bridgehead atoms. The van der Waals surface area contributed by atoms with E-state index in [4.69, 9.17) is 9.84 Å². The molecule has 0 atom stereocenters. The average molecular weight is 453 g/mol. The van der Waals surface area contributed by atoms with Gasteiger partial charge in [-0.3, -0.25) is 14.4 Å². The third-order valence-corrected chi connectivity index (χ3v) is 5.72. The standard InChI is InChI=1S/C26H32N2O5/c29-24-14-7-17-28(24)18-8-16-27-26(32)21(10-2-1-3-15-25(30)31)19-33-23-13-6-11-20-9-4-5-12-22(20)23/h4-6,9-13H,1-3,7-8,14-19H2,(H,27,32)(H,30,31)/b21-10+. The number of carbonyl (C=O) groups is 3. The average Bonchev–Trinajstić information content (AvgIpc) is 3.22. The topological polar surface area (TPSA) is 95.9 Å². The molecule has 0 saturated carbocycles. The fourth-order valence-electron chi connectivity index (χ4n) is 3.92. The Morgan fingerprint density at radius 3 is 2.70 bits per heavy atom. The van der Waals surface area contributed by atoms with Crippen molar-refractivity contribution >= 4 is 28.6 Å². The van der Waals surface area contributed by atoms with Crippen molar-refractivity contribution in [3.8, 4) is 5.75 Å². The lowest BCUT2D eigenvalue weighted by molar-refractivity contribution is -0.137. The van der Waals surface area contributed by atoms with Crippen LogP contribution in [0, 0.1) is 0 Å². The highest BCUT2D eigenvalue weighted by Gasteiger charge is 2.19. The van der Waals surface area contributed by atoms with Crippen molar-refractivity contribution in [3.63, 3.8) is 0 Å². The van der Waals surface area contributed by atoms with E-state index >= 15 is 0 Å². The van der Waals surface area contributed by atoms with Gasteiger partial charge in [-0.1, -0.05) is 42.5 Å². The Morgan fingerprint density at radius 1 is 1.09 bits per heavy atom. The number of aliphatic carboxylic acids is 1. The molecule has 0 aliphatic carbocycles. The molecule has 0 spiro atoms. The van der Waals surface area contributed by atoms with Gasteiger partial charge in [0, 0.05) is 37.9 Å². The summed E-state index contributed by atoms with van der Waals surface area (Å²) in [6, 6.07) is 13.7. The molecule has 1 heterocycles. The Kier molecular flexibility index (Phi) is 9.30. The molecule has 1 saturated heterocycles. The van der Waals surface area contributed by atoms with E-state index in [9.17, 15) is 14.4 Å². The molecular weight excluding hydrogens is 420 g/mol. The highest BCUT2D eigenvalue weighted by molar-refractivity contribution is 5.94. The molecule has 33 heavy (non-hydrogen) atoms. The normalized spacial score (nSPS) is 14.0. The molecule has 0 radical (unpaired) electrons. The molecule has 1 fully saturated rings. The van der Waals surface area contributed by atoms with Gasteiger partial charge in [-0.2, -0.15) is 0 Å². The van der Waals surface area contributed by atoms with Crippen molar-refractivity contribution in [3.05, 3.63) is 54.1 Å². The van der Waals surface area contributed by atoms with Gasteiger partial charge in [-0.05, 0) is 43.6 Å². The van der Waals surface area contributed by atoms with Crippen molar-refractivity contribution in [2.45, 2.75) is 44.9 Å². The predicted molar refractivity (Wildman–Crippen MR) is 127 cm³/mol. The minimum absolute atomic E-state index is 0.122. The molecular formula is C26H32N2O5. The van der Waals surface area contributed by atoms with Crippen LogP contribution >= 0.6 is 0 Å². The Bertz CT molecular complexity index is 996. The molecule has 1 aliphatic rings. The second kappa shape index (κ2) is 12.6. The maximum Gasteiger partial charge on any atom is 0.303 e. The summed E-state index contributed by atoms with van der Waals surface area (Å²) in [5, 5.41) is 13.8. The number of nitrogens with one attached hydrogen (secondary N) is 1. The van der Waals surface area contributed by atoms with Gasteiger partial charge in [0.15, 0.2) is 0 Å². The highest BCUT2D eigenvalue weighted by atomic mass is 16.5. The van der Waals surface area contributed by atoms with Crippen LogP contribution < -0.4 is 10.1 Å². The zero-order valence-corrected chi connectivity index (χ0v) is 18.9. The number of hydrogen-bond donors (Lipinski definition) is 2. The summed E-state index contributed by atoms with van der Waals surface area (Å²) in [5.74, 6) is -0.106. The van der Waals surface area contributed by atoms with Gasteiger partial charge in [0.25, 0.3) is 0 Å². The number of ether oxygens (including phenoxy) is 1. The zero-order valence-electron chi connectivity index (χ0n) is 18.9. The first kappa shape index (κ1) is 24.3. The van der Waals surface area contributed by atoms with E-state index in [1.165, 1.54) is 0 Å². The van der Waals surface area contributed by atoms with Gasteiger partial charge in [0.2, 0.25) is 11.8 Å². The fraction of sp³-hybridized carbons (Fsp3) is 0.423. The molecule has 0 aromatic heterocycles. The quantitative estimate of drug-likeness (QED) is 0.355. The van der Waals surface area contributed by atoms with Crippen molar-refractivity contribution in [1.82, 2.24) is 10.2 Å². The van der Waals surface area contributed by atoms with Crippen LogP contribution in [-0.4, -0.2) is 54.0 Å². The van der Waals surface area contributed by atoms with Crippen LogP contribution in [0.4, 0.5) is 0 Å². The molecule has 2 aromatic carbocycles. The number of carboxylic acid groups (broad SMARTS) is 1. The van der Waals surface area contributed by atoms with Crippen LogP contribution in [0.1, 0.15) is 44.9 Å². The van der Waals surface area contributed by atoms with Crippen LogP contribution in [0.2, 0.25) is 0 Å². The lowest BCUT2D eigenvalue weighted by Crippen LogP contribution is -2.32. The van der Waals surface area contributed by atoms with Crippen LogP contribution in [-0.2, 0) is 14.4 Å². The van der Waals surface area contributed by atoms with Crippen LogP contribution in [0.3, 0.4) is 0 Å². The maximum atomic E-state index is 12.8. The molecule has 1 aliphatic heterocycles. The molecule has 0 unspecified atom stereocenters. The summed E-state index contributed by atoms with van der Waals surface area (Å²) in [4.78, 5) is 37.1. The number of nitrogens with zero attached hydrogens (tertiary/aromatic N) is 1. The largest absolute Gasteiger partial charge is 0.488 e. The first-order valence-electron chi connectivity index (χ1n) is 11.6. The number of carbonyl (C=O) groups excluding carboxylic acids is 2. The van der Waals surface area contributed by atoms with E-state index in [1.807, 2.05) is 53.4 Å². The van der Waals surface area contributed by atoms with Gasteiger partial charge >= 0.3 is 5.97 Å². The Labute approximate surface area is 194 Å². The highest BCUT2D eigenvalue weighted by Crippen LogP contribution is 2.25. The van der Waals surface area contributed by atoms with Gasteiger partial charge in [0.05, 0.1) is 5.57 Å². The summed E-state index contributed by atoms with van der Waals surface area (Å²) < 4.78 is 6.02. The van der Waals surface area contributed by atoms with E-state index in [-0.39, 0.29) is 24.8 Å². The summed E-state index contributed by atoms with van der Waals surface area (Å²) in [6.45, 7) is 2.06. The number of carboxylic acids is 1. The van der Waals surface area contributed by atoms with Crippen molar-refractivity contribution < 1.29 is 24.2 Å². The van der Waals surface area contributed by atoms with Crippen molar-refractivity contribution in [2.75, 3.05) is 26.2 Å². The van der Waals surface area contributed by atoms with Crippen molar-refractivity contribution in [1.29, 1.82) is 0 Å². The number of likely N-dealkylation sites (tertiary alicyclic amines) is 1. The minimum Gasteiger partial charge on any atom is -0.488 e. The summed E-state index contributed by atoms with van der Waals surface area (Å²) >= 11 is 0. The first-order valence-corrected chi connectivity index (χ1v) is 11.6. The number of rotatable bonds is 13. The van der Waals surface area contributed by atoms with E-state index in [0.717, 1.165) is 23.7 Å². The number of amides is 2. The first-order chi connectivity index (χ1) is 16.0. The van der Waals surface area contributed by atoms with E-state index < -0.39 is 5.97 Å². The number of hydrogen-bond acceptors (Lipinski definition) is 4. The van der Waals surface area contributed by atoms with Crippen LogP contribution in [0.15, 0.2) is 54.1 Å². The van der Waals surface area contributed by atoms with Crippen LogP contribution in [0.5, 0.6) is 5.75 Å². The SMILES string of the molecule is O=C(O)CCCC/C=C(\COc1cccc2ccccc12)C(=O)NCCCN1CCCC1=O. The molecule has 2 amide bonds. The monoisotopic (exact) mass is 452 g/mol.